The largest absolute Gasteiger partial charge is 0.390 e. The van der Waals surface area contributed by atoms with E-state index in [2.05, 4.69) is 10.6 Å². The second kappa shape index (κ2) is 8.38. The Hall–Kier alpha value is -2.09. The van der Waals surface area contributed by atoms with E-state index >= 15 is 0 Å². The standard InChI is InChI=1S/C14H18F3N3O2/c1-20(8-7-14(15,16)17)10-12(21)19-13(22)18-9-11-5-3-2-4-6-11/h2-6H,7-10H2,1H3,(H2,18,19,21,22). The predicted octanol–water partition coefficient (Wildman–Crippen LogP) is 1.90. The molecule has 1 aromatic rings. The second-order valence-electron chi connectivity index (χ2n) is 4.82. The zero-order valence-electron chi connectivity index (χ0n) is 12.1. The van der Waals surface area contributed by atoms with E-state index in [1.165, 1.54) is 11.9 Å². The van der Waals surface area contributed by atoms with Gasteiger partial charge in [0.05, 0.1) is 13.0 Å². The number of urea groups is 1. The lowest BCUT2D eigenvalue weighted by Crippen LogP contribution is -2.44. The maximum Gasteiger partial charge on any atom is 0.390 e. The number of carbonyl (C=O) groups is 2. The summed E-state index contributed by atoms with van der Waals surface area (Å²) in [7, 11) is 1.38. The molecular weight excluding hydrogens is 299 g/mol. The Kier molecular flexibility index (Phi) is 6.84. The Bertz CT molecular complexity index is 492. The van der Waals surface area contributed by atoms with Crippen molar-refractivity contribution in [2.75, 3.05) is 20.1 Å². The third kappa shape index (κ3) is 8.25. The molecule has 0 aliphatic carbocycles. The van der Waals surface area contributed by atoms with Gasteiger partial charge < -0.3 is 5.32 Å². The summed E-state index contributed by atoms with van der Waals surface area (Å²) in [6.07, 6.45) is -5.27. The van der Waals surface area contributed by atoms with Gasteiger partial charge in [-0.05, 0) is 12.6 Å². The zero-order chi connectivity index (χ0) is 16.6. The number of halogens is 3. The number of rotatable bonds is 6. The number of likely N-dealkylation sites (N-methyl/N-ethyl adjacent to an activating group) is 1. The van der Waals surface area contributed by atoms with Gasteiger partial charge in [-0.1, -0.05) is 30.3 Å². The van der Waals surface area contributed by atoms with Crippen molar-refractivity contribution in [2.45, 2.75) is 19.1 Å². The van der Waals surface area contributed by atoms with Gasteiger partial charge in [0.25, 0.3) is 0 Å². The molecule has 0 atom stereocenters. The SMILES string of the molecule is CN(CCC(F)(F)F)CC(=O)NC(=O)NCc1ccccc1. The average Bonchev–Trinajstić information content (AvgIpc) is 2.43. The molecule has 0 aliphatic heterocycles. The minimum atomic E-state index is -4.27. The molecule has 0 saturated heterocycles. The van der Waals surface area contributed by atoms with E-state index in [9.17, 15) is 22.8 Å². The van der Waals surface area contributed by atoms with E-state index in [4.69, 9.17) is 0 Å². The summed E-state index contributed by atoms with van der Waals surface area (Å²) in [6.45, 7) is -0.332. The molecule has 1 rings (SSSR count). The van der Waals surface area contributed by atoms with Crippen LogP contribution in [0.25, 0.3) is 0 Å². The Morgan fingerprint density at radius 1 is 1.18 bits per heavy atom. The molecule has 122 valence electrons. The lowest BCUT2D eigenvalue weighted by Gasteiger charge is -2.17. The maximum absolute atomic E-state index is 12.0. The Balaban J connectivity index is 2.25. The number of benzene rings is 1. The Morgan fingerprint density at radius 2 is 1.82 bits per heavy atom. The Labute approximate surface area is 126 Å². The molecule has 0 spiro atoms. The van der Waals surface area contributed by atoms with Crippen molar-refractivity contribution < 1.29 is 22.8 Å². The number of hydrogen-bond acceptors (Lipinski definition) is 3. The van der Waals surface area contributed by atoms with Gasteiger partial charge in [-0.15, -0.1) is 0 Å². The maximum atomic E-state index is 12.0. The number of alkyl halides is 3. The van der Waals surface area contributed by atoms with Crippen LogP contribution in [0.2, 0.25) is 0 Å². The number of nitrogens with zero attached hydrogens (tertiary/aromatic N) is 1. The van der Waals surface area contributed by atoms with Gasteiger partial charge >= 0.3 is 12.2 Å². The van der Waals surface area contributed by atoms with Crippen LogP contribution >= 0.6 is 0 Å². The minimum absolute atomic E-state index is 0.254. The summed E-state index contributed by atoms with van der Waals surface area (Å²) >= 11 is 0. The smallest absolute Gasteiger partial charge is 0.334 e. The molecular formula is C14H18F3N3O2. The van der Waals surface area contributed by atoms with Gasteiger partial charge in [0.15, 0.2) is 0 Å². The minimum Gasteiger partial charge on any atom is -0.334 e. The molecule has 3 amide bonds. The molecule has 0 aromatic heterocycles. The molecule has 0 aliphatic rings. The number of carbonyl (C=O) groups excluding carboxylic acids is 2. The van der Waals surface area contributed by atoms with Crippen LogP contribution in [0.15, 0.2) is 30.3 Å². The van der Waals surface area contributed by atoms with E-state index in [0.717, 1.165) is 5.56 Å². The molecule has 2 N–H and O–H groups in total. The van der Waals surface area contributed by atoms with Gasteiger partial charge in [0, 0.05) is 13.1 Å². The molecule has 0 unspecified atom stereocenters. The van der Waals surface area contributed by atoms with Gasteiger partial charge in [0.1, 0.15) is 0 Å². The van der Waals surface area contributed by atoms with Crippen LogP contribution in [-0.2, 0) is 11.3 Å². The van der Waals surface area contributed by atoms with Crippen LogP contribution in [0.5, 0.6) is 0 Å². The number of nitrogens with one attached hydrogen (secondary N) is 2. The summed E-state index contributed by atoms with van der Waals surface area (Å²) in [5.74, 6) is -0.657. The molecule has 5 nitrogen and oxygen atoms in total. The summed E-state index contributed by atoms with van der Waals surface area (Å²) in [6, 6.07) is 8.41. The molecule has 0 heterocycles. The van der Waals surface area contributed by atoms with E-state index < -0.39 is 24.5 Å². The van der Waals surface area contributed by atoms with Crippen molar-refractivity contribution in [3.05, 3.63) is 35.9 Å². The van der Waals surface area contributed by atoms with Crippen molar-refractivity contribution in [1.82, 2.24) is 15.5 Å². The topological polar surface area (TPSA) is 61.4 Å². The van der Waals surface area contributed by atoms with Gasteiger partial charge in [-0.25, -0.2) is 4.79 Å². The van der Waals surface area contributed by atoms with E-state index in [1.807, 2.05) is 30.3 Å². The van der Waals surface area contributed by atoms with Crippen molar-refractivity contribution in [3.63, 3.8) is 0 Å². The van der Waals surface area contributed by atoms with Gasteiger partial charge in [-0.2, -0.15) is 13.2 Å². The summed E-state index contributed by atoms with van der Waals surface area (Å²) in [5, 5.41) is 4.56. The first kappa shape index (κ1) is 18.0. The molecule has 0 bridgehead atoms. The van der Waals surface area contributed by atoms with Crippen LogP contribution in [0, 0.1) is 0 Å². The molecule has 1 aromatic carbocycles. The highest BCUT2D eigenvalue weighted by molar-refractivity contribution is 5.95. The van der Waals surface area contributed by atoms with Crippen molar-refractivity contribution in [3.8, 4) is 0 Å². The lowest BCUT2D eigenvalue weighted by atomic mass is 10.2. The molecule has 0 radical (unpaired) electrons. The third-order valence-electron chi connectivity index (χ3n) is 2.74. The predicted molar refractivity (Wildman–Crippen MR) is 75.0 cm³/mol. The van der Waals surface area contributed by atoms with Gasteiger partial charge in [-0.3, -0.25) is 15.0 Å². The first-order chi connectivity index (χ1) is 10.3. The average molecular weight is 317 g/mol. The van der Waals surface area contributed by atoms with Crippen molar-refractivity contribution in [2.24, 2.45) is 0 Å². The highest BCUT2D eigenvalue weighted by Crippen LogP contribution is 2.19. The summed E-state index contributed by atoms with van der Waals surface area (Å²) in [4.78, 5) is 24.2. The van der Waals surface area contributed by atoms with Crippen LogP contribution < -0.4 is 10.6 Å². The molecule has 8 heteroatoms. The van der Waals surface area contributed by atoms with E-state index in [-0.39, 0.29) is 19.6 Å². The fraction of sp³-hybridized carbons (Fsp3) is 0.429. The first-order valence-electron chi connectivity index (χ1n) is 6.63. The normalized spacial score (nSPS) is 11.3. The van der Waals surface area contributed by atoms with Crippen molar-refractivity contribution in [1.29, 1.82) is 0 Å². The number of amides is 3. The van der Waals surface area contributed by atoms with Crippen LogP contribution in [0.4, 0.5) is 18.0 Å². The molecule has 22 heavy (non-hydrogen) atoms. The second-order valence-corrected chi connectivity index (χ2v) is 4.82. The van der Waals surface area contributed by atoms with Crippen LogP contribution in [0.1, 0.15) is 12.0 Å². The van der Waals surface area contributed by atoms with Gasteiger partial charge in [0.2, 0.25) is 5.91 Å². The van der Waals surface area contributed by atoms with Crippen LogP contribution in [0.3, 0.4) is 0 Å². The fourth-order valence-corrected chi connectivity index (χ4v) is 1.63. The third-order valence-corrected chi connectivity index (χ3v) is 2.74. The van der Waals surface area contributed by atoms with E-state index in [1.54, 1.807) is 0 Å². The summed E-state index contributed by atoms with van der Waals surface area (Å²) < 4.78 is 36.1. The fourth-order valence-electron chi connectivity index (χ4n) is 1.63. The lowest BCUT2D eigenvalue weighted by molar-refractivity contribution is -0.139. The quantitative estimate of drug-likeness (QED) is 0.842. The Morgan fingerprint density at radius 3 is 2.41 bits per heavy atom. The number of hydrogen-bond donors (Lipinski definition) is 2. The summed E-state index contributed by atoms with van der Waals surface area (Å²) in [5.41, 5.74) is 0.868. The molecule has 0 fully saturated rings. The number of imide groups is 1. The highest BCUT2D eigenvalue weighted by Gasteiger charge is 2.27. The van der Waals surface area contributed by atoms with E-state index in [0.29, 0.717) is 0 Å². The van der Waals surface area contributed by atoms with Crippen molar-refractivity contribution >= 4 is 11.9 Å². The first-order valence-corrected chi connectivity index (χ1v) is 6.63. The highest BCUT2D eigenvalue weighted by atomic mass is 19.4. The monoisotopic (exact) mass is 317 g/mol. The zero-order valence-corrected chi connectivity index (χ0v) is 12.1. The molecule has 0 saturated carbocycles. The van der Waals surface area contributed by atoms with Crippen LogP contribution in [-0.4, -0.2) is 43.2 Å².